The normalized spacial score (nSPS) is 37.8. The Labute approximate surface area is 188 Å². The maximum Gasteiger partial charge on any atom is 0.134 e. The Morgan fingerprint density at radius 2 is 1.06 bits per heavy atom. The SMILES string of the molecule is O[C@@H]1[C@@H](O)[C@H](OCc2ccccc2)[C@]2(O)C3(CCCCC3)[C@]2(O)[C@H]1OCc1ccccc1. The first-order valence-electron chi connectivity index (χ1n) is 11.6. The van der Waals surface area contributed by atoms with Gasteiger partial charge in [0.2, 0.25) is 0 Å². The minimum atomic E-state index is -1.69. The van der Waals surface area contributed by atoms with Crippen LogP contribution < -0.4 is 0 Å². The van der Waals surface area contributed by atoms with Gasteiger partial charge in [0, 0.05) is 5.41 Å². The first-order valence-corrected chi connectivity index (χ1v) is 11.6. The molecule has 6 nitrogen and oxygen atoms in total. The zero-order chi connectivity index (χ0) is 22.4. The lowest BCUT2D eigenvalue weighted by atomic mass is 9.81. The first-order chi connectivity index (χ1) is 15.5. The molecule has 0 amide bonds. The van der Waals surface area contributed by atoms with Crippen LogP contribution in [0.3, 0.4) is 0 Å². The molecule has 6 heteroatoms. The molecule has 0 aromatic heterocycles. The van der Waals surface area contributed by atoms with Crippen LogP contribution >= 0.6 is 0 Å². The summed E-state index contributed by atoms with van der Waals surface area (Å²) in [6.45, 7) is 0.332. The highest BCUT2D eigenvalue weighted by molar-refractivity contribution is 5.44. The number of hydrogen-bond acceptors (Lipinski definition) is 6. The second kappa shape index (κ2) is 8.20. The maximum atomic E-state index is 12.0. The van der Waals surface area contributed by atoms with Gasteiger partial charge in [-0.15, -0.1) is 0 Å². The van der Waals surface area contributed by atoms with Crippen LogP contribution in [0.4, 0.5) is 0 Å². The van der Waals surface area contributed by atoms with Crippen LogP contribution in [0.1, 0.15) is 43.2 Å². The molecule has 5 rings (SSSR count). The Bertz CT molecular complexity index is 845. The minimum Gasteiger partial charge on any atom is -0.387 e. The van der Waals surface area contributed by atoms with Gasteiger partial charge in [0.05, 0.1) is 13.2 Å². The molecule has 0 radical (unpaired) electrons. The molecular weight excluding hydrogens is 408 g/mol. The predicted molar refractivity (Wildman–Crippen MR) is 117 cm³/mol. The summed E-state index contributed by atoms with van der Waals surface area (Å²) < 4.78 is 12.1. The Hall–Kier alpha value is -1.80. The van der Waals surface area contributed by atoms with Crippen molar-refractivity contribution in [1.82, 2.24) is 0 Å². The molecule has 3 aliphatic rings. The number of hydrogen-bond donors (Lipinski definition) is 4. The van der Waals surface area contributed by atoms with Crippen molar-refractivity contribution in [3.8, 4) is 0 Å². The molecule has 3 aliphatic carbocycles. The number of rotatable bonds is 6. The Kier molecular flexibility index (Phi) is 5.64. The summed E-state index contributed by atoms with van der Waals surface area (Å²) in [5.74, 6) is 0. The Morgan fingerprint density at radius 1 is 0.656 bits per heavy atom. The van der Waals surface area contributed by atoms with Crippen molar-refractivity contribution in [3.63, 3.8) is 0 Å². The lowest BCUT2D eigenvalue weighted by molar-refractivity contribution is -0.250. The number of aliphatic hydroxyl groups excluding tert-OH is 2. The monoisotopic (exact) mass is 440 g/mol. The summed E-state index contributed by atoms with van der Waals surface area (Å²) in [4.78, 5) is 0. The van der Waals surface area contributed by atoms with Gasteiger partial charge in [-0.1, -0.05) is 79.9 Å². The molecule has 0 bridgehead atoms. The van der Waals surface area contributed by atoms with Crippen LogP contribution in [0.5, 0.6) is 0 Å². The summed E-state index contributed by atoms with van der Waals surface area (Å²) in [6, 6.07) is 19.0. The van der Waals surface area contributed by atoms with Crippen molar-refractivity contribution in [2.75, 3.05) is 0 Å². The molecule has 0 aliphatic heterocycles. The van der Waals surface area contributed by atoms with Gasteiger partial charge in [0.25, 0.3) is 0 Å². The lowest BCUT2D eigenvalue weighted by Gasteiger charge is -2.42. The third-order valence-corrected chi connectivity index (χ3v) is 8.02. The molecule has 4 N–H and O–H groups in total. The molecule has 3 saturated carbocycles. The average Bonchev–Trinajstić information content (AvgIpc) is 3.24. The second-order valence-electron chi connectivity index (χ2n) is 9.59. The molecule has 3 fully saturated rings. The van der Waals surface area contributed by atoms with Gasteiger partial charge in [0.15, 0.2) is 0 Å². The van der Waals surface area contributed by atoms with Crippen LogP contribution in [-0.4, -0.2) is 56.0 Å². The number of fused-ring (bicyclic) bond motifs is 3. The highest BCUT2D eigenvalue weighted by atomic mass is 16.6. The van der Waals surface area contributed by atoms with Crippen molar-refractivity contribution in [1.29, 1.82) is 0 Å². The van der Waals surface area contributed by atoms with Crippen molar-refractivity contribution in [2.24, 2.45) is 5.41 Å². The van der Waals surface area contributed by atoms with Crippen LogP contribution in [0, 0.1) is 5.41 Å². The molecule has 0 saturated heterocycles. The molecule has 2 aromatic rings. The third kappa shape index (κ3) is 3.01. The Balaban J connectivity index is 1.44. The van der Waals surface area contributed by atoms with E-state index in [1.165, 1.54) is 0 Å². The molecule has 1 spiro atoms. The van der Waals surface area contributed by atoms with Crippen LogP contribution in [-0.2, 0) is 22.7 Å². The smallest absolute Gasteiger partial charge is 0.134 e. The zero-order valence-electron chi connectivity index (χ0n) is 18.1. The topological polar surface area (TPSA) is 99.4 Å². The summed E-state index contributed by atoms with van der Waals surface area (Å²) in [5, 5.41) is 46.0. The van der Waals surface area contributed by atoms with Crippen molar-refractivity contribution in [2.45, 2.75) is 80.9 Å². The van der Waals surface area contributed by atoms with E-state index in [0.717, 1.165) is 30.4 Å². The van der Waals surface area contributed by atoms with E-state index in [-0.39, 0.29) is 13.2 Å². The van der Waals surface area contributed by atoms with Gasteiger partial charge in [-0.25, -0.2) is 0 Å². The average molecular weight is 441 g/mol. The molecule has 0 unspecified atom stereocenters. The fourth-order valence-corrected chi connectivity index (χ4v) is 6.42. The highest BCUT2D eigenvalue weighted by Gasteiger charge is 2.94. The van der Waals surface area contributed by atoms with E-state index in [1.54, 1.807) is 0 Å². The largest absolute Gasteiger partial charge is 0.387 e. The molecule has 172 valence electrons. The van der Waals surface area contributed by atoms with Gasteiger partial charge >= 0.3 is 0 Å². The van der Waals surface area contributed by atoms with Gasteiger partial charge < -0.3 is 29.9 Å². The van der Waals surface area contributed by atoms with E-state index in [9.17, 15) is 20.4 Å². The van der Waals surface area contributed by atoms with Crippen LogP contribution in [0.15, 0.2) is 60.7 Å². The van der Waals surface area contributed by atoms with E-state index in [1.807, 2.05) is 60.7 Å². The summed E-state index contributed by atoms with van der Waals surface area (Å²) in [7, 11) is 0. The van der Waals surface area contributed by atoms with Crippen molar-refractivity contribution in [3.05, 3.63) is 71.8 Å². The quantitative estimate of drug-likeness (QED) is 0.550. The van der Waals surface area contributed by atoms with E-state index >= 15 is 0 Å². The second-order valence-corrected chi connectivity index (χ2v) is 9.59. The number of aliphatic hydroxyl groups is 4. The molecular formula is C26H32O6. The van der Waals surface area contributed by atoms with Crippen molar-refractivity contribution < 1.29 is 29.9 Å². The minimum absolute atomic E-state index is 0.166. The Morgan fingerprint density at radius 3 is 1.47 bits per heavy atom. The fourth-order valence-electron chi connectivity index (χ4n) is 6.42. The van der Waals surface area contributed by atoms with Gasteiger partial charge in [-0.2, -0.15) is 0 Å². The van der Waals surface area contributed by atoms with Gasteiger partial charge in [-0.05, 0) is 24.0 Å². The lowest BCUT2D eigenvalue weighted by Crippen LogP contribution is -2.64. The first kappa shape index (κ1) is 22.0. The van der Waals surface area contributed by atoms with Crippen molar-refractivity contribution >= 4 is 0 Å². The molecule has 32 heavy (non-hydrogen) atoms. The summed E-state index contributed by atoms with van der Waals surface area (Å²) in [6.07, 6.45) is -1.01. The standard InChI is InChI=1S/C26H32O6/c27-20-21(28)23(32-17-19-12-6-2-7-13-19)26(30)24(14-8-3-9-15-24)25(26,29)22(20)31-16-18-10-4-1-5-11-18/h1-2,4-7,10-13,20-23,27-30H,3,8-9,14-17H2/t20-,21-,22+,23+,25-,26+/m1/s1. The van der Waals surface area contributed by atoms with E-state index in [2.05, 4.69) is 0 Å². The fraction of sp³-hybridized carbons (Fsp3) is 0.538. The summed E-state index contributed by atoms with van der Waals surface area (Å²) in [5.41, 5.74) is -2.45. The molecule has 6 atom stereocenters. The predicted octanol–water partition coefficient (Wildman–Crippen LogP) is 2.32. The maximum absolute atomic E-state index is 12.0. The zero-order valence-corrected chi connectivity index (χ0v) is 18.1. The van der Waals surface area contributed by atoms with Crippen LogP contribution in [0.2, 0.25) is 0 Å². The van der Waals surface area contributed by atoms with Crippen LogP contribution in [0.25, 0.3) is 0 Å². The highest BCUT2D eigenvalue weighted by Crippen LogP contribution is 2.77. The summed E-state index contributed by atoms with van der Waals surface area (Å²) >= 11 is 0. The third-order valence-electron chi connectivity index (χ3n) is 8.02. The molecule has 2 aromatic carbocycles. The molecule has 0 heterocycles. The van der Waals surface area contributed by atoms with E-state index < -0.39 is 41.0 Å². The number of ether oxygens (including phenoxy) is 2. The van der Waals surface area contributed by atoms with Gasteiger partial charge in [-0.3, -0.25) is 0 Å². The van der Waals surface area contributed by atoms with E-state index in [4.69, 9.17) is 9.47 Å². The number of benzene rings is 2. The van der Waals surface area contributed by atoms with Gasteiger partial charge in [0.1, 0.15) is 35.6 Å². The van der Waals surface area contributed by atoms with E-state index in [0.29, 0.717) is 12.8 Å².